The molecule has 0 aromatic heterocycles. The van der Waals surface area contributed by atoms with Crippen molar-refractivity contribution in [1.82, 2.24) is 20.4 Å². The summed E-state index contributed by atoms with van der Waals surface area (Å²) in [6, 6.07) is 11.3. The first-order chi connectivity index (χ1) is 12.8. The van der Waals surface area contributed by atoms with Crippen LogP contribution in [0.4, 0.5) is 0 Å². The SMILES string of the molecule is CCN(CC)CCCNC(=NC)NCC(c1ccccc1)N1CCCC1. The third kappa shape index (κ3) is 6.61. The van der Waals surface area contributed by atoms with E-state index in [4.69, 9.17) is 0 Å². The van der Waals surface area contributed by atoms with Gasteiger partial charge in [0.1, 0.15) is 0 Å². The summed E-state index contributed by atoms with van der Waals surface area (Å²) in [5.74, 6) is 0.907. The lowest BCUT2D eigenvalue weighted by molar-refractivity contribution is 0.245. The molecule has 1 aromatic rings. The molecule has 1 atom stereocenters. The summed E-state index contributed by atoms with van der Waals surface area (Å²) in [4.78, 5) is 9.45. The van der Waals surface area contributed by atoms with Crippen LogP contribution in [-0.2, 0) is 0 Å². The Bertz CT molecular complexity index is 506. The van der Waals surface area contributed by atoms with E-state index in [1.165, 1.54) is 31.5 Å². The number of likely N-dealkylation sites (tertiary alicyclic amines) is 1. The first-order valence-electron chi connectivity index (χ1n) is 10.2. The highest BCUT2D eigenvalue weighted by molar-refractivity contribution is 5.79. The predicted molar refractivity (Wildman–Crippen MR) is 112 cm³/mol. The zero-order chi connectivity index (χ0) is 18.6. The van der Waals surface area contributed by atoms with E-state index in [2.05, 4.69) is 69.6 Å². The van der Waals surface area contributed by atoms with Crippen LogP contribution in [0.1, 0.15) is 44.7 Å². The summed E-state index contributed by atoms with van der Waals surface area (Å²) >= 11 is 0. The van der Waals surface area contributed by atoms with Crippen molar-refractivity contribution in [3.63, 3.8) is 0 Å². The third-order valence-electron chi connectivity index (χ3n) is 5.29. The highest BCUT2D eigenvalue weighted by atomic mass is 15.2. The molecule has 146 valence electrons. The Balaban J connectivity index is 1.82. The zero-order valence-electron chi connectivity index (χ0n) is 16.9. The van der Waals surface area contributed by atoms with Crippen molar-refractivity contribution in [2.45, 2.75) is 39.2 Å². The van der Waals surface area contributed by atoms with Gasteiger partial charge in [-0.25, -0.2) is 0 Å². The molecule has 0 spiro atoms. The van der Waals surface area contributed by atoms with Crippen molar-refractivity contribution in [2.24, 2.45) is 4.99 Å². The van der Waals surface area contributed by atoms with Gasteiger partial charge in [-0.05, 0) is 57.5 Å². The second-order valence-electron chi connectivity index (χ2n) is 6.93. The monoisotopic (exact) mass is 359 g/mol. The van der Waals surface area contributed by atoms with E-state index in [0.29, 0.717) is 6.04 Å². The summed E-state index contributed by atoms with van der Waals surface area (Å²) in [6.07, 6.45) is 3.75. The minimum absolute atomic E-state index is 0.410. The molecule has 0 radical (unpaired) electrons. The van der Waals surface area contributed by atoms with Crippen LogP contribution in [0.5, 0.6) is 0 Å². The number of guanidine groups is 1. The van der Waals surface area contributed by atoms with Crippen LogP contribution < -0.4 is 10.6 Å². The Morgan fingerprint density at radius 2 is 1.81 bits per heavy atom. The molecule has 5 heteroatoms. The van der Waals surface area contributed by atoms with Crippen molar-refractivity contribution < 1.29 is 0 Å². The maximum absolute atomic E-state index is 4.40. The molecule has 5 nitrogen and oxygen atoms in total. The van der Waals surface area contributed by atoms with Gasteiger partial charge in [-0.15, -0.1) is 0 Å². The summed E-state index contributed by atoms with van der Waals surface area (Å²) in [5.41, 5.74) is 1.39. The van der Waals surface area contributed by atoms with Crippen molar-refractivity contribution in [1.29, 1.82) is 0 Å². The Kier molecular flexibility index (Phi) is 9.50. The van der Waals surface area contributed by atoms with E-state index in [1.807, 2.05) is 7.05 Å². The van der Waals surface area contributed by atoms with Gasteiger partial charge < -0.3 is 15.5 Å². The van der Waals surface area contributed by atoms with Gasteiger partial charge in [-0.3, -0.25) is 9.89 Å². The molecule has 2 N–H and O–H groups in total. The van der Waals surface area contributed by atoms with E-state index >= 15 is 0 Å². The maximum Gasteiger partial charge on any atom is 0.191 e. The number of hydrogen-bond acceptors (Lipinski definition) is 3. The highest BCUT2D eigenvalue weighted by Gasteiger charge is 2.23. The van der Waals surface area contributed by atoms with E-state index in [9.17, 15) is 0 Å². The summed E-state index contributed by atoms with van der Waals surface area (Å²) < 4.78 is 0. The van der Waals surface area contributed by atoms with Crippen LogP contribution in [0, 0.1) is 0 Å². The average molecular weight is 360 g/mol. The van der Waals surface area contributed by atoms with Crippen LogP contribution in [-0.4, -0.2) is 68.6 Å². The molecule has 1 aliphatic heterocycles. The second kappa shape index (κ2) is 11.9. The van der Waals surface area contributed by atoms with E-state index in [1.54, 1.807) is 0 Å². The molecule has 2 rings (SSSR count). The quantitative estimate of drug-likeness (QED) is 0.383. The Morgan fingerprint density at radius 1 is 1.12 bits per heavy atom. The van der Waals surface area contributed by atoms with Gasteiger partial charge >= 0.3 is 0 Å². The van der Waals surface area contributed by atoms with Gasteiger partial charge in [0.25, 0.3) is 0 Å². The van der Waals surface area contributed by atoms with Crippen molar-refractivity contribution in [2.75, 3.05) is 52.9 Å². The lowest BCUT2D eigenvalue weighted by Crippen LogP contribution is -2.43. The minimum atomic E-state index is 0.410. The van der Waals surface area contributed by atoms with Crippen LogP contribution in [0.2, 0.25) is 0 Å². The van der Waals surface area contributed by atoms with E-state index in [-0.39, 0.29) is 0 Å². The van der Waals surface area contributed by atoms with Crippen molar-refractivity contribution in [3.05, 3.63) is 35.9 Å². The largest absolute Gasteiger partial charge is 0.356 e. The molecule has 1 unspecified atom stereocenters. The van der Waals surface area contributed by atoms with Gasteiger partial charge in [0.05, 0.1) is 6.04 Å². The van der Waals surface area contributed by atoms with Gasteiger partial charge in [0.15, 0.2) is 5.96 Å². The smallest absolute Gasteiger partial charge is 0.191 e. The second-order valence-corrected chi connectivity index (χ2v) is 6.93. The molecule has 0 saturated carbocycles. The average Bonchev–Trinajstić information content (AvgIpc) is 3.22. The summed E-state index contributed by atoms with van der Waals surface area (Å²) in [6.45, 7) is 12.1. The van der Waals surface area contributed by atoms with Crippen LogP contribution in [0.15, 0.2) is 35.3 Å². The molecule has 1 heterocycles. The maximum atomic E-state index is 4.40. The Labute approximate surface area is 159 Å². The number of nitrogens with one attached hydrogen (secondary N) is 2. The Morgan fingerprint density at radius 3 is 2.42 bits per heavy atom. The van der Waals surface area contributed by atoms with Crippen LogP contribution in [0.25, 0.3) is 0 Å². The van der Waals surface area contributed by atoms with Crippen LogP contribution in [0.3, 0.4) is 0 Å². The predicted octanol–water partition coefficient (Wildman–Crippen LogP) is 2.72. The first-order valence-corrected chi connectivity index (χ1v) is 10.2. The van der Waals surface area contributed by atoms with Gasteiger partial charge in [0.2, 0.25) is 0 Å². The number of hydrogen-bond donors (Lipinski definition) is 2. The van der Waals surface area contributed by atoms with Gasteiger partial charge in [-0.1, -0.05) is 44.2 Å². The number of benzene rings is 1. The molecular weight excluding hydrogens is 322 g/mol. The molecule has 0 bridgehead atoms. The normalized spacial score (nSPS) is 16.8. The van der Waals surface area contributed by atoms with Gasteiger partial charge in [-0.2, -0.15) is 0 Å². The molecule has 1 saturated heterocycles. The minimum Gasteiger partial charge on any atom is -0.356 e. The lowest BCUT2D eigenvalue weighted by atomic mass is 10.1. The molecule has 1 aromatic carbocycles. The molecular formula is C21H37N5. The molecule has 26 heavy (non-hydrogen) atoms. The molecule has 1 aliphatic rings. The zero-order valence-corrected chi connectivity index (χ0v) is 16.9. The highest BCUT2D eigenvalue weighted by Crippen LogP contribution is 2.24. The van der Waals surface area contributed by atoms with Crippen molar-refractivity contribution in [3.8, 4) is 0 Å². The van der Waals surface area contributed by atoms with Gasteiger partial charge in [0, 0.05) is 20.1 Å². The van der Waals surface area contributed by atoms with E-state index < -0.39 is 0 Å². The molecule has 1 fully saturated rings. The first kappa shape index (κ1) is 20.7. The number of aliphatic imine (C=N–C) groups is 1. The fourth-order valence-electron chi connectivity index (χ4n) is 3.65. The lowest BCUT2D eigenvalue weighted by Gasteiger charge is -2.29. The third-order valence-corrected chi connectivity index (χ3v) is 5.29. The molecule has 0 aliphatic carbocycles. The summed E-state index contributed by atoms with van der Waals surface area (Å²) in [5, 5.41) is 7.01. The topological polar surface area (TPSA) is 42.9 Å². The standard InChI is InChI=1S/C21H37N5/c1-4-25(5-2)15-11-14-23-21(22-3)24-18-20(26-16-9-10-17-26)19-12-7-6-8-13-19/h6-8,12-13,20H,4-5,9-11,14-18H2,1-3H3,(H2,22,23,24). The fourth-order valence-corrected chi connectivity index (χ4v) is 3.65. The van der Waals surface area contributed by atoms with Crippen molar-refractivity contribution >= 4 is 5.96 Å². The number of nitrogens with zero attached hydrogens (tertiary/aromatic N) is 3. The van der Waals surface area contributed by atoms with Crippen LogP contribution >= 0.6 is 0 Å². The number of rotatable bonds is 10. The van der Waals surface area contributed by atoms with E-state index in [0.717, 1.165) is 45.1 Å². The fraction of sp³-hybridized carbons (Fsp3) is 0.667. The Hall–Kier alpha value is -1.59. The molecule has 0 amide bonds. The summed E-state index contributed by atoms with van der Waals surface area (Å²) in [7, 11) is 1.85.